The molecular formula is C60H56. The topological polar surface area (TPSA) is 0 Å². The summed E-state index contributed by atoms with van der Waals surface area (Å²) < 4.78 is 0. The summed E-state index contributed by atoms with van der Waals surface area (Å²) >= 11 is 0. The van der Waals surface area contributed by atoms with Crippen molar-refractivity contribution in [2.45, 2.75) is 85.5 Å². The Kier molecular flexibility index (Phi) is 8.45. The van der Waals surface area contributed by atoms with Crippen LogP contribution in [0, 0.1) is 5.41 Å². The number of hydrogen-bond acceptors (Lipinski definition) is 0. The Labute approximate surface area is 357 Å². The highest BCUT2D eigenvalue weighted by molar-refractivity contribution is 6.11. The van der Waals surface area contributed by atoms with Crippen LogP contribution in [-0.4, -0.2) is 0 Å². The minimum atomic E-state index is -0.176. The van der Waals surface area contributed by atoms with Gasteiger partial charge in [-0.1, -0.05) is 209 Å². The summed E-state index contributed by atoms with van der Waals surface area (Å²) in [5.74, 6) is 0. The highest BCUT2D eigenvalue weighted by Crippen LogP contribution is 2.56. The van der Waals surface area contributed by atoms with Crippen LogP contribution in [0.3, 0.4) is 0 Å². The van der Waals surface area contributed by atoms with Gasteiger partial charge in [0, 0.05) is 10.8 Å². The fraction of sp³-hybridized carbons (Fsp3) is 0.233. The van der Waals surface area contributed by atoms with E-state index in [0.29, 0.717) is 0 Å². The van der Waals surface area contributed by atoms with E-state index in [0.717, 1.165) is 0 Å². The predicted octanol–water partition coefficient (Wildman–Crippen LogP) is 16.7. The molecule has 8 aromatic carbocycles. The van der Waals surface area contributed by atoms with Crippen LogP contribution in [0.2, 0.25) is 0 Å². The van der Waals surface area contributed by atoms with Gasteiger partial charge in [-0.05, 0) is 140 Å². The van der Waals surface area contributed by atoms with Gasteiger partial charge in [-0.3, -0.25) is 0 Å². The lowest BCUT2D eigenvalue weighted by Crippen LogP contribution is -2.17. The van der Waals surface area contributed by atoms with E-state index in [1.165, 1.54) is 111 Å². The quantitative estimate of drug-likeness (QED) is 0.167. The summed E-state index contributed by atoms with van der Waals surface area (Å²) in [4.78, 5) is 0. The van der Waals surface area contributed by atoms with E-state index >= 15 is 0 Å². The molecule has 296 valence electrons. The van der Waals surface area contributed by atoms with Gasteiger partial charge in [0.25, 0.3) is 0 Å². The van der Waals surface area contributed by atoms with Crippen LogP contribution in [0.15, 0.2) is 158 Å². The van der Waals surface area contributed by atoms with E-state index in [9.17, 15) is 0 Å². The first-order valence-corrected chi connectivity index (χ1v) is 21.8. The van der Waals surface area contributed by atoms with Crippen LogP contribution >= 0.6 is 0 Å². The van der Waals surface area contributed by atoms with Gasteiger partial charge in [0.2, 0.25) is 0 Å². The minimum Gasteiger partial charge on any atom is -0.0707 e. The summed E-state index contributed by atoms with van der Waals surface area (Å²) in [6.07, 6.45) is 2.43. The average Bonchev–Trinajstić information content (AvgIpc) is 3.60. The maximum Gasteiger partial charge on any atom is 0.0159 e. The van der Waals surface area contributed by atoms with E-state index in [-0.39, 0.29) is 21.7 Å². The fourth-order valence-electron chi connectivity index (χ4n) is 10.5. The van der Waals surface area contributed by atoms with Crippen LogP contribution in [0.5, 0.6) is 0 Å². The molecule has 0 spiro atoms. The summed E-state index contributed by atoms with van der Waals surface area (Å²) in [5, 5.41) is 5.26. The third-order valence-electron chi connectivity index (χ3n) is 13.7. The molecule has 0 unspecified atom stereocenters. The molecule has 0 heteroatoms. The molecule has 0 bridgehead atoms. The van der Waals surface area contributed by atoms with Gasteiger partial charge in [-0.15, -0.1) is 0 Å². The maximum absolute atomic E-state index is 2.51. The first kappa shape index (κ1) is 38.2. The lowest BCUT2D eigenvalue weighted by atomic mass is 9.78. The number of fused-ring (bicyclic) bond motifs is 10. The average molecular weight is 777 g/mol. The summed E-state index contributed by atoms with van der Waals surface area (Å²) in [6.45, 7) is 23.5. The second kappa shape index (κ2) is 13.3. The lowest BCUT2D eigenvalue weighted by Gasteiger charge is -2.25. The number of benzene rings is 8. The second-order valence-corrected chi connectivity index (χ2v) is 20.7. The van der Waals surface area contributed by atoms with Gasteiger partial charge in [0.15, 0.2) is 0 Å². The zero-order valence-corrected chi connectivity index (χ0v) is 37.0. The van der Waals surface area contributed by atoms with Crippen LogP contribution in [0.25, 0.3) is 71.6 Å². The number of allylic oxidation sites excluding steroid dienone is 1. The normalized spacial score (nSPS) is 15.2. The Morgan fingerprint density at radius 1 is 0.400 bits per heavy atom. The molecule has 0 nitrogen and oxygen atoms in total. The van der Waals surface area contributed by atoms with Crippen molar-refractivity contribution in [3.05, 3.63) is 197 Å². The molecule has 10 rings (SSSR count). The molecule has 0 aliphatic heterocycles. The highest BCUT2D eigenvalue weighted by Gasteiger charge is 2.39. The molecule has 0 radical (unpaired) electrons. The van der Waals surface area contributed by atoms with Crippen molar-refractivity contribution in [3.63, 3.8) is 0 Å². The molecular weight excluding hydrogens is 721 g/mol. The molecule has 0 amide bonds. The van der Waals surface area contributed by atoms with Gasteiger partial charge in [-0.25, -0.2) is 0 Å². The van der Waals surface area contributed by atoms with Crippen molar-refractivity contribution in [1.82, 2.24) is 0 Å². The summed E-state index contributed by atoms with van der Waals surface area (Å²) in [7, 11) is 0. The van der Waals surface area contributed by atoms with Gasteiger partial charge >= 0.3 is 0 Å². The van der Waals surface area contributed by atoms with Gasteiger partial charge in [0.1, 0.15) is 0 Å². The van der Waals surface area contributed by atoms with Gasteiger partial charge in [-0.2, -0.15) is 0 Å². The number of rotatable bonds is 4. The van der Waals surface area contributed by atoms with Crippen LogP contribution in [-0.2, 0) is 16.2 Å². The van der Waals surface area contributed by atoms with E-state index in [2.05, 4.69) is 227 Å². The van der Waals surface area contributed by atoms with Crippen LogP contribution in [0.4, 0.5) is 0 Å². The Bertz CT molecular complexity index is 3060. The van der Waals surface area contributed by atoms with Crippen molar-refractivity contribution in [2.24, 2.45) is 5.41 Å². The Balaban J connectivity index is 1.08. The fourth-order valence-corrected chi connectivity index (χ4v) is 10.5. The van der Waals surface area contributed by atoms with Crippen molar-refractivity contribution in [2.75, 3.05) is 0 Å². The standard InChI is InChI=1S/C60H56/c1-57(2,3)36-50(37-18-12-11-13-19-37)40-28-30-46-51(32-40)59(7,8)53-34-48(42-20-14-16-22-44(42)55(46)53)38-24-26-39(27-25-38)49-35-54-56(45-23-17-15-21-43(45)49)47-31-29-41(58(4,5)6)33-52(47)60(54,9)10/h11-36H,1-10H3. The second-order valence-electron chi connectivity index (χ2n) is 20.7. The molecule has 0 saturated carbocycles. The predicted molar refractivity (Wildman–Crippen MR) is 259 cm³/mol. The minimum absolute atomic E-state index is 0.0376. The molecule has 0 heterocycles. The molecule has 60 heavy (non-hydrogen) atoms. The molecule has 2 aliphatic carbocycles. The molecule has 8 aromatic rings. The molecule has 0 atom stereocenters. The molecule has 0 N–H and O–H groups in total. The smallest absolute Gasteiger partial charge is 0.0159 e. The number of hydrogen-bond donors (Lipinski definition) is 0. The van der Waals surface area contributed by atoms with E-state index in [1.54, 1.807) is 0 Å². The molecule has 2 aliphatic rings. The SMILES string of the molecule is CC(C)(C)C=C(c1ccccc1)c1ccc2c(c1)C(C)(C)c1cc(-c3ccc(-c4cc5c(c6ccccc46)-c4ccc(C(C)(C)C)cc4C5(C)C)cc3)c3ccccc3c1-2. The third-order valence-corrected chi connectivity index (χ3v) is 13.7. The van der Waals surface area contributed by atoms with E-state index in [1.807, 2.05) is 0 Å². The van der Waals surface area contributed by atoms with Crippen molar-refractivity contribution >= 4 is 27.1 Å². The van der Waals surface area contributed by atoms with Crippen molar-refractivity contribution < 1.29 is 0 Å². The third kappa shape index (κ3) is 5.94. The monoisotopic (exact) mass is 776 g/mol. The maximum atomic E-state index is 2.51. The van der Waals surface area contributed by atoms with Crippen LogP contribution in [0.1, 0.15) is 108 Å². The molecule has 0 saturated heterocycles. The highest BCUT2D eigenvalue weighted by atomic mass is 14.4. The van der Waals surface area contributed by atoms with Crippen LogP contribution < -0.4 is 0 Å². The van der Waals surface area contributed by atoms with Gasteiger partial charge < -0.3 is 0 Å². The first-order valence-electron chi connectivity index (χ1n) is 21.8. The van der Waals surface area contributed by atoms with Crippen molar-refractivity contribution in [3.8, 4) is 44.5 Å². The largest absolute Gasteiger partial charge is 0.0707 e. The van der Waals surface area contributed by atoms with E-state index < -0.39 is 0 Å². The molecule has 0 aromatic heterocycles. The molecule has 0 fully saturated rings. The lowest BCUT2D eigenvalue weighted by molar-refractivity contribution is 0.546. The zero-order chi connectivity index (χ0) is 41.9. The Morgan fingerprint density at radius 2 is 0.850 bits per heavy atom. The van der Waals surface area contributed by atoms with E-state index in [4.69, 9.17) is 0 Å². The Hall–Kier alpha value is -5.98. The summed E-state index contributed by atoms with van der Waals surface area (Å²) in [5.41, 5.74) is 21.3. The zero-order valence-electron chi connectivity index (χ0n) is 37.0. The first-order chi connectivity index (χ1) is 28.5. The van der Waals surface area contributed by atoms with Crippen molar-refractivity contribution in [1.29, 1.82) is 0 Å². The summed E-state index contributed by atoms with van der Waals surface area (Å²) in [6, 6.07) is 57.8. The van der Waals surface area contributed by atoms with Gasteiger partial charge in [0.05, 0.1) is 0 Å². The Morgan fingerprint density at radius 3 is 1.33 bits per heavy atom.